The predicted molar refractivity (Wildman–Crippen MR) is 62.6 cm³/mol. The zero-order chi connectivity index (χ0) is 11.5. The number of rotatable bonds is 4. The van der Waals surface area contributed by atoms with Gasteiger partial charge in [-0.05, 0) is 6.07 Å². The number of hydrogen-bond donors (Lipinski definition) is 1. The fraction of sp³-hybridized carbons (Fsp3) is 0.455. The average molecular weight is 220 g/mol. The van der Waals surface area contributed by atoms with E-state index in [2.05, 4.69) is 24.3 Å². The molecule has 0 aliphatic carbocycles. The molecule has 86 valence electrons. The van der Waals surface area contributed by atoms with E-state index in [0.717, 1.165) is 6.54 Å². The van der Waals surface area contributed by atoms with E-state index in [0.29, 0.717) is 18.1 Å². The van der Waals surface area contributed by atoms with E-state index >= 15 is 0 Å². The molecule has 0 radical (unpaired) electrons. The highest BCUT2D eigenvalue weighted by Crippen LogP contribution is 1.93. The Balaban J connectivity index is 2.18. The standard InChI is InChI=1S/C11H16N4O/c1-9(2)12-5-6-14-7-8-15-10(11(14)16)3-4-13-15/h3-4,7-9,12H,5-6H2,1-2H3. The topological polar surface area (TPSA) is 51.3 Å². The molecule has 1 N–H and O–H groups in total. The predicted octanol–water partition coefficient (Wildman–Crippen LogP) is 0.494. The third kappa shape index (κ3) is 2.14. The van der Waals surface area contributed by atoms with Crippen LogP contribution in [0.25, 0.3) is 5.52 Å². The van der Waals surface area contributed by atoms with Crippen LogP contribution in [0.2, 0.25) is 0 Å². The highest BCUT2D eigenvalue weighted by Gasteiger charge is 2.02. The van der Waals surface area contributed by atoms with E-state index in [1.807, 2.05) is 0 Å². The lowest BCUT2D eigenvalue weighted by atomic mass is 10.4. The molecule has 0 bridgehead atoms. The zero-order valence-corrected chi connectivity index (χ0v) is 9.55. The van der Waals surface area contributed by atoms with E-state index < -0.39 is 0 Å². The summed E-state index contributed by atoms with van der Waals surface area (Å²) in [5.74, 6) is 0. The lowest BCUT2D eigenvalue weighted by Gasteiger charge is -2.09. The van der Waals surface area contributed by atoms with Crippen molar-refractivity contribution in [3.8, 4) is 0 Å². The molecule has 2 aromatic rings. The van der Waals surface area contributed by atoms with E-state index in [4.69, 9.17) is 0 Å². The molecule has 0 fully saturated rings. The summed E-state index contributed by atoms with van der Waals surface area (Å²) in [7, 11) is 0. The molecule has 0 saturated carbocycles. The number of hydrogen-bond acceptors (Lipinski definition) is 3. The van der Waals surface area contributed by atoms with Crippen molar-refractivity contribution < 1.29 is 0 Å². The normalized spacial score (nSPS) is 11.4. The van der Waals surface area contributed by atoms with Gasteiger partial charge in [0.25, 0.3) is 5.56 Å². The molecule has 5 heteroatoms. The summed E-state index contributed by atoms with van der Waals surface area (Å²) in [4.78, 5) is 11.9. The van der Waals surface area contributed by atoms with Crippen molar-refractivity contribution in [2.45, 2.75) is 26.4 Å². The Labute approximate surface area is 93.7 Å². The van der Waals surface area contributed by atoms with Gasteiger partial charge in [-0.15, -0.1) is 0 Å². The van der Waals surface area contributed by atoms with Gasteiger partial charge in [-0.25, -0.2) is 4.52 Å². The first-order valence-corrected chi connectivity index (χ1v) is 5.44. The van der Waals surface area contributed by atoms with Crippen LogP contribution in [0.15, 0.2) is 29.5 Å². The highest BCUT2D eigenvalue weighted by atomic mass is 16.1. The van der Waals surface area contributed by atoms with Crippen molar-refractivity contribution in [3.63, 3.8) is 0 Å². The molecule has 0 atom stereocenters. The molecule has 16 heavy (non-hydrogen) atoms. The van der Waals surface area contributed by atoms with E-state index in [-0.39, 0.29) is 5.56 Å². The van der Waals surface area contributed by atoms with E-state index in [9.17, 15) is 4.79 Å². The van der Waals surface area contributed by atoms with Crippen LogP contribution in [0.1, 0.15) is 13.8 Å². The Kier molecular flexibility index (Phi) is 3.05. The quantitative estimate of drug-likeness (QED) is 0.816. The van der Waals surface area contributed by atoms with Gasteiger partial charge in [-0.1, -0.05) is 13.8 Å². The summed E-state index contributed by atoms with van der Waals surface area (Å²) in [6.45, 7) is 5.65. The van der Waals surface area contributed by atoms with Crippen LogP contribution in [0, 0.1) is 0 Å². The molecule has 2 heterocycles. The monoisotopic (exact) mass is 220 g/mol. The number of nitrogens with zero attached hydrogens (tertiary/aromatic N) is 3. The molecule has 0 aliphatic heterocycles. The molecular weight excluding hydrogens is 204 g/mol. The summed E-state index contributed by atoms with van der Waals surface area (Å²) in [5.41, 5.74) is 0.623. The summed E-state index contributed by atoms with van der Waals surface area (Å²) in [6, 6.07) is 2.17. The van der Waals surface area contributed by atoms with Gasteiger partial charge in [-0.2, -0.15) is 5.10 Å². The van der Waals surface area contributed by atoms with Crippen LogP contribution in [0.4, 0.5) is 0 Å². The third-order valence-electron chi connectivity index (χ3n) is 2.44. The Morgan fingerprint density at radius 3 is 3.00 bits per heavy atom. The fourth-order valence-corrected chi connectivity index (χ4v) is 1.61. The first-order valence-electron chi connectivity index (χ1n) is 5.44. The Bertz CT molecular complexity index is 526. The molecule has 0 aliphatic rings. The van der Waals surface area contributed by atoms with Gasteiger partial charge in [-0.3, -0.25) is 4.79 Å². The van der Waals surface area contributed by atoms with E-state index in [1.165, 1.54) is 0 Å². The molecule has 0 aromatic carbocycles. The van der Waals surface area contributed by atoms with Gasteiger partial charge in [0.05, 0.1) is 6.20 Å². The minimum Gasteiger partial charge on any atom is -0.313 e. The molecule has 2 aromatic heterocycles. The summed E-state index contributed by atoms with van der Waals surface area (Å²) >= 11 is 0. The van der Waals surface area contributed by atoms with Gasteiger partial charge in [0.15, 0.2) is 0 Å². The first-order chi connectivity index (χ1) is 7.68. The van der Waals surface area contributed by atoms with Crippen LogP contribution in [0.3, 0.4) is 0 Å². The lowest BCUT2D eigenvalue weighted by Crippen LogP contribution is -2.30. The smallest absolute Gasteiger partial charge is 0.276 e. The molecule has 5 nitrogen and oxygen atoms in total. The Morgan fingerprint density at radius 2 is 2.25 bits per heavy atom. The van der Waals surface area contributed by atoms with Crippen LogP contribution < -0.4 is 10.9 Å². The van der Waals surface area contributed by atoms with Crippen LogP contribution in [-0.4, -0.2) is 26.8 Å². The van der Waals surface area contributed by atoms with Crippen LogP contribution in [-0.2, 0) is 6.54 Å². The van der Waals surface area contributed by atoms with Crippen molar-refractivity contribution in [2.75, 3.05) is 6.54 Å². The summed E-state index contributed by atoms with van der Waals surface area (Å²) in [5, 5.41) is 7.30. The van der Waals surface area contributed by atoms with Crippen molar-refractivity contribution in [1.29, 1.82) is 0 Å². The Morgan fingerprint density at radius 1 is 1.44 bits per heavy atom. The van der Waals surface area contributed by atoms with Crippen molar-refractivity contribution in [1.82, 2.24) is 19.5 Å². The molecule has 0 spiro atoms. The van der Waals surface area contributed by atoms with Gasteiger partial charge in [0, 0.05) is 31.5 Å². The number of aromatic nitrogens is 3. The molecule has 0 unspecified atom stereocenters. The SMILES string of the molecule is CC(C)NCCn1ccn2nccc2c1=O. The number of fused-ring (bicyclic) bond motifs is 1. The second-order valence-electron chi connectivity index (χ2n) is 4.07. The van der Waals surface area contributed by atoms with Crippen molar-refractivity contribution in [2.24, 2.45) is 0 Å². The second-order valence-corrected chi connectivity index (χ2v) is 4.07. The summed E-state index contributed by atoms with van der Waals surface area (Å²) in [6.07, 6.45) is 5.20. The molecule has 0 amide bonds. The maximum atomic E-state index is 11.9. The van der Waals surface area contributed by atoms with Crippen molar-refractivity contribution >= 4 is 5.52 Å². The minimum atomic E-state index is 0.00514. The van der Waals surface area contributed by atoms with Crippen molar-refractivity contribution in [3.05, 3.63) is 35.0 Å². The first kappa shape index (κ1) is 10.9. The lowest BCUT2D eigenvalue weighted by molar-refractivity contribution is 0.533. The Hall–Kier alpha value is -1.62. The highest BCUT2D eigenvalue weighted by molar-refractivity contribution is 5.42. The van der Waals surface area contributed by atoms with Gasteiger partial charge < -0.3 is 9.88 Å². The largest absolute Gasteiger partial charge is 0.313 e. The average Bonchev–Trinajstić information content (AvgIpc) is 2.69. The molecule has 0 saturated heterocycles. The maximum Gasteiger partial charge on any atom is 0.276 e. The minimum absolute atomic E-state index is 0.00514. The summed E-state index contributed by atoms with van der Waals surface area (Å²) < 4.78 is 3.29. The van der Waals surface area contributed by atoms with Gasteiger partial charge in [0.1, 0.15) is 5.52 Å². The maximum absolute atomic E-state index is 11.9. The third-order valence-corrected chi connectivity index (χ3v) is 2.44. The van der Waals surface area contributed by atoms with Crippen LogP contribution >= 0.6 is 0 Å². The zero-order valence-electron chi connectivity index (χ0n) is 9.55. The van der Waals surface area contributed by atoms with E-state index in [1.54, 1.807) is 33.7 Å². The van der Waals surface area contributed by atoms with Gasteiger partial charge in [0.2, 0.25) is 0 Å². The van der Waals surface area contributed by atoms with Gasteiger partial charge >= 0.3 is 0 Å². The van der Waals surface area contributed by atoms with Crippen LogP contribution in [0.5, 0.6) is 0 Å². The second kappa shape index (κ2) is 4.49. The molecule has 2 rings (SSSR count). The fourth-order valence-electron chi connectivity index (χ4n) is 1.61. The number of nitrogens with one attached hydrogen (secondary N) is 1. The molecular formula is C11H16N4O.